The maximum atomic E-state index is 14.5. The molecule has 2 aromatic carbocycles. The number of aromatic nitrogens is 1. The van der Waals surface area contributed by atoms with Crippen LogP contribution in [-0.2, 0) is 28.4 Å². The molecule has 2 aliphatic rings. The molecule has 2 aliphatic heterocycles. The third-order valence-corrected chi connectivity index (χ3v) is 9.66. The van der Waals surface area contributed by atoms with Crippen molar-refractivity contribution >= 4 is 35.8 Å². The summed E-state index contributed by atoms with van der Waals surface area (Å²) in [4.78, 5) is 5.55. The number of hydrogen-bond acceptors (Lipinski definition) is 11. The van der Waals surface area contributed by atoms with E-state index >= 15 is 0 Å². The van der Waals surface area contributed by atoms with E-state index in [1.165, 1.54) is 5.01 Å². The number of aromatic amines is 1. The smallest absolute Gasteiger partial charge is 0.489 e. The summed E-state index contributed by atoms with van der Waals surface area (Å²) in [5.41, 5.74) is 15.1. The van der Waals surface area contributed by atoms with Crippen LogP contribution in [0.25, 0.3) is 11.3 Å². The van der Waals surface area contributed by atoms with Crippen molar-refractivity contribution in [2.24, 2.45) is 11.6 Å². The number of nitrogens with one attached hydrogen (secondary N) is 1. The highest BCUT2D eigenvalue weighted by atomic mass is 19.2. The molecule has 0 amide bonds. The molecular formula is C42H58BF2N6O7+. The Morgan fingerprint density at radius 1 is 0.828 bits per heavy atom. The fourth-order valence-corrected chi connectivity index (χ4v) is 6.86. The largest absolute Gasteiger partial charge is 0.934 e. The van der Waals surface area contributed by atoms with Gasteiger partial charge in [0.05, 0.1) is 101 Å². The first-order chi connectivity index (χ1) is 28.1. The highest BCUT2D eigenvalue weighted by molar-refractivity contribution is 6.35. The summed E-state index contributed by atoms with van der Waals surface area (Å²) in [6.45, 7) is 14.1. The normalized spacial score (nSPS) is 18.1. The molecule has 5 rings (SSSR count). The van der Waals surface area contributed by atoms with E-state index in [-0.39, 0.29) is 0 Å². The molecule has 1 saturated heterocycles. The number of rotatable bonds is 11. The van der Waals surface area contributed by atoms with Gasteiger partial charge in [0.1, 0.15) is 12.4 Å². The number of methoxy groups -OCH3 is 1. The minimum absolute atomic E-state index is 0.322. The molecule has 0 atom stereocenters. The van der Waals surface area contributed by atoms with E-state index in [1.54, 1.807) is 26.3 Å². The van der Waals surface area contributed by atoms with Crippen molar-refractivity contribution in [2.45, 2.75) is 27.7 Å². The third-order valence-electron chi connectivity index (χ3n) is 9.66. The lowest BCUT2D eigenvalue weighted by molar-refractivity contribution is -0.343. The summed E-state index contributed by atoms with van der Waals surface area (Å²) in [7, 11) is -1.08. The maximum Gasteiger partial charge on any atom is 0.934 e. The van der Waals surface area contributed by atoms with E-state index < -0.39 is 7.40 Å². The molecule has 5 N–H and O–H groups in total. The summed E-state index contributed by atoms with van der Waals surface area (Å²) in [5.74, 6) is 7.22. The number of allylic oxidation sites excluding steroid dienone is 2. The second-order valence-corrected chi connectivity index (χ2v) is 14.0. The highest BCUT2D eigenvalue weighted by Crippen LogP contribution is 2.36. The van der Waals surface area contributed by atoms with Crippen LogP contribution in [0.5, 0.6) is 5.75 Å². The number of nitrogens with two attached hydrogens (primary N) is 2. The first-order valence-corrected chi connectivity index (χ1v) is 19.6. The van der Waals surface area contributed by atoms with Crippen molar-refractivity contribution in [2.75, 3.05) is 109 Å². The molecule has 0 saturated carbocycles. The van der Waals surface area contributed by atoms with E-state index in [4.69, 9.17) is 44.7 Å². The van der Waals surface area contributed by atoms with Gasteiger partial charge in [0.15, 0.2) is 11.4 Å². The number of hydrogen-bond donors (Lipinski definition) is 3. The highest BCUT2D eigenvalue weighted by Gasteiger charge is 2.44. The molecule has 58 heavy (non-hydrogen) atoms. The van der Waals surface area contributed by atoms with Gasteiger partial charge in [-0.15, -0.1) is 0 Å². The zero-order valence-electron chi connectivity index (χ0n) is 34.4. The van der Waals surface area contributed by atoms with Crippen LogP contribution in [-0.4, -0.2) is 122 Å². The zero-order valence-corrected chi connectivity index (χ0v) is 34.4. The molecule has 3 aromatic rings. The van der Waals surface area contributed by atoms with Gasteiger partial charge in [-0.25, -0.2) is 19.0 Å². The molecule has 0 radical (unpaired) electrons. The Balaban J connectivity index is 1.38. The zero-order chi connectivity index (χ0) is 41.4. The SMILES string of the molecule is COCCOc1cc(N(N)/C=C(\N)c2ccc(/C(=C3\C(C)=CC(C)=[N+]3B(F)F)c3[nH]c(C)cc3C)cc2)ccc1N1CCOCCOCCOCCOCCOCC1. The average Bonchev–Trinajstić information content (AvgIpc) is 3.69. The van der Waals surface area contributed by atoms with Gasteiger partial charge in [-0.05, 0) is 55.7 Å². The van der Waals surface area contributed by atoms with E-state index in [0.717, 1.165) is 38.3 Å². The summed E-state index contributed by atoms with van der Waals surface area (Å²) in [6, 6.07) is 15.2. The van der Waals surface area contributed by atoms with Gasteiger partial charge in [0, 0.05) is 56.7 Å². The average molecular weight is 808 g/mol. The Labute approximate surface area is 341 Å². The number of benzene rings is 2. The van der Waals surface area contributed by atoms with Gasteiger partial charge in [-0.2, -0.15) is 0 Å². The van der Waals surface area contributed by atoms with E-state index in [0.29, 0.717) is 132 Å². The number of ether oxygens (including phenoxy) is 7. The van der Waals surface area contributed by atoms with Gasteiger partial charge in [-0.1, -0.05) is 24.3 Å². The lowest BCUT2D eigenvalue weighted by atomic mass is 9.93. The fraction of sp³-hybridized carbons (Fsp3) is 0.452. The van der Waals surface area contributed by atoms with E-state index in [9.17, 15) is 8.63 Å². The number of halogens is 2. The fourth-order valence-electron chi connectivity index (χ4n) is 6.86. The van der Waals surface area contributed by atoms with Crippen LogP contribution in [0.4, 0.5) is 20.0 Å². The minimum Gasteiger partial charge on any atom is -0.489 e. The van der Waals surface area contributed by atoms with Gasteiger partial charge in [0.25, 0.3) is 0 Å². The first-order valence-electron chi connectivity index (χ1n) is 19.6. The molecule has 3 heterocycles. The molecule has 1 fully saturated rings. The lowest BCUT2D eigenvalue weighted by Gasteiger charge is -2.28. The van der Waals surface area contributed by atoms with Gasteiger partial charge in [0.2, 0.25) is 0 Å². The Bertz CT molecular complexity index is 1900. The Hall–Kier alpha value is -4.55. The predicted molar refractivity (Wildman–Crippen MR) is 224 cm³/mol. The molecule has 0 spiro atoms. The molecule has 0 bridgehead atoms. The summed E-state index contributed by atoms with van der Waals surface area (Å²) >= 11 is 0. The predicted octanol–water partition coefficient (Wildman–Crippen LogP) is 5.31. The molecule has 16 heteroatoms. The molecule has 1 aromatic heterocycles. The van der Waals surface area contributed by atoms with Crippen LogP contribution in [0.3, 0.4) is 0 Å². The van der Waals surface area contributed by atoms with Crippen LogP contribution >= 0.6 is 0 Å². The molecule has 13 nitrogen and oxygen atoms in total. The van der Waals surface area contributed by atoms with Crippen LogP contribution in [0.2, 0.25) is 0 Å². The van der Waals surface area contributed by atoms with Crippen molar-refractivity contribution in [3.8, 4) is 5.75 Å². The van der Waals surface area contributed by atoms with E-state index in [1.807, 2.05) is 69.3 Å². The van der Waals surface area contributed by atoms with Crippen LogP contribution in [0, 0.1) is 13.8 Å². The second kappa shape index (κ2) is 22.6. The topological polar surface area (TPSA) is 142 Å². The number of aryl methyl sites for hydroxylation is 2. The van der Waals surface area contributed by atoms with Crippen LogP contribution in [0.15, 0.2) is 72.1 Å². The Kier molecular flexibility index (Phi) is 17.3. The number of nitrogens with zero attached hydrogens (tertiary/aromatic N) is 3. The molecular weight excluding hydrogens is 749 g/mol. The lowest BCUT2D eigenvalue weighted by Crippen LogP contribution is -2.32. The quantitative estimate of drug-likeness (QED) is 0.100. The van der Waals surface area contributed by atoms with Crippen molar-refractivity contribution in [3.05, 3.63) is 100 Å². The standard InChI is InChI=1S/C42H57BF2N6O7/c1-30-26-32(3)48-41(30)40(42-31(2)27-33(4)51(42)43(44)45)35-8-6-34(7-9-35)37(46)29-50(47)36-10-11-38(39(28-36)58-25-16-52-5)49-12-14-53-17-19-55-21-23-57-24-22-56-20-18-54-15-13-49/h6-11,26-29H,12-25,46-47H2,1-5H3/p+1/b37-29-. The van der Waals surface area contributed by atoms with Crippen molar-refractivity contribution in [1.82, 2.24) is 4.98 Å². The maximum absolute atomic E-state index is 14.5. The van der Waals surface area contributed by atoms with Crippen LogP contribution < -0.4 is 26.2 Å². The van der Waals surface area contributed by atoms with Crippen LogP contribution in [0.1, 0.15) is 41.9 Å². The third kappa shape index (κ3) is 12.2. The molecule has 0 unspecified atom stereocenters. The van der Waals surface area contributed by atoms with Crippen molar-refractivity contribution in [1.29, 1.82) is 0 Å². The van der Waals surface area contributed by atoms with E-state index in [2.05, 4.69) is 9.88 Å². The van der Waals surface area contributed by atoms with Gasteiger partial charge in [-0.3, -0.25) is 5.01 Å². The minimum atomic E-state index is -2.70. The molecule has 0 aliphatic carbocycles. The number of H-pyrrole nitrogens is 1. The summed E-state index contributed by atoms with van der Waals surface area (Å²) in [6.07, 6.45) is 3.42. The second-order valence-electron chi connectivity index (χ2n) is 14.0. The Morgan fingerprint density at radius 2 is 1.40 bits per heavy atom. The number of hydrazine groups is 1. The Morgan fingerprint density at radius 3 is 1.93 bits per heavy atom. The van der Waals surface area contributed by atoms with Crippen molar-refractivity contribution < 1.29 is 46.3 Å². The van der Waals surface area contributed by atoms with Gasteiger partial charge >= 0.3 is 7.40 Å². The van der Waals surface area contributed by atoms with Crippen molar-refractivity contribution in [3.63, 3.8) is 0 Å². The number of anilines is 2. The summed E-state index contributed by atoms with van der Waals surface area (Å²) < 4.78 is 70.0. The molecule has 314 valence electrons. The monoisotopic (exact) mass is 807 g/mol. The first kappa shape index (κ1) is 44.6. The van der Waals surface area contributed by atoms with Gasteiger partial charge < -0.3 is 48.8 Å². The summed E-state index contributed by atoms with van der Waals surface area (Å²) in [5, 5.41) is 1.44.